The van der Waals surface area contributed by atoms with Crippen LogP contribution >= 0.6 is 0 Å². The zero-order chi connectivity index (χ0) is 34.8. The molecule has 2 amide bonds. The van der Waals surface area contributed by atoms with Gasteiger partial charge in [0.2, 0.25) is 0 Å². The van der Waals surface area contributed by atoms with Crippen LogP contribution < -0.4 is 0 Å². The van der Waals surface area contributed by atoms with Gasteiger partial charge in [-0.3, -0.25) is 19.4 Å². The third kappa shape index (κ3) is 6.65. The van der Waals surface area contributed by atoms with Gasteiger partial charge in [-0.1, -0.05) is 122 Å². The maximum Gasteiger partial charge on any atom is 0.261 e. The van der Waals surface area contributed by atoms with Gasteiger partial charge < -0.3 is 14.6 Å². The second-order valence-electron chi connectivity index (χ2n) is 13.4. The van der Waals surface area contributed by atoms with Crippen LogP contribution in [0.15, 0.2) is 127 Å². The van der Waals surface area contributed by atoms with Gasteiger partial charge in [-0.2, -0.15) is 0 Å². The number of imide groups is 1. The topological polar surface area (TPSA) is 79.3 Å². The number of aliphatic hydroxyl groups is 1. The average Bonchev–Trinajstić information content (AvgIpc) is 3.40. The van der Waals surface area contributed by atoms with E-state index in [-0.39, 0.29) is 49.1 Å². The van der Waals surface area contributed by atoms with Crippen molar-refractivity contribution in [1.29, 1.82) is 0 Å². The van der Waals surface area contributed by atoms with Crippen LogP contribution in [0.25, 0.3) is 11.1 Å². The second kappa shape index (κ2) is 14.5. The number of carbonyl (C=O) groups excluding carboxylic acids is 2. The summed E-state index contributed by atoms with van der Waals surface area (Å²) in [5.41, 5.74) is 7.75. The molecule has 7 nitrogen and oxygen atoms in total. The predicted octanol–water partition coefficient (Wildman–Crippen LogP) is 8.13. The quantitative estimate of drug-likeness (QED) is 0.152. The first-order valence-corrected chi connectivity index (χ1v) is 17.2. The molecule has 0 aromatic heterocycles. The summed E-state index contributed by atoms with van der Waals surface area (Å²) in [6.45, 7) is 5.29. The lowest BCUT2D eigenvalue weighted by molar-refractivity contribution is -0.276. The largest absolute Gasteiger partial charge is 0.392 e. The molecule has 2 aliphatic heterocycles. The van der Waals surface area contributed by atoms with Crippen LogP contribution in [0, 0.1) is 5.92 Å². The first-order chi connectivity index (χ1) is 24.3. The molecule has 0 saturated carbocycles. The molecule has 0 bridgehead atoms. The number of benzene rings is 5. The molecule has 0 aliphatic carbocycles. The van der Waals surface area contributed by atoms with Gasteiger partial charge in [0.1, 0.15) is 0 Å². The van der Waals surface area contributed by atoms with Gasteiger partial charge in [-0.25, -0.2) is 0 Å². The SMILES string of the molecule is C[C@@H]1[C@H](CN(C)[C@@H](C)c2ccccc2)O[C@H](c2ccc(-c3ccccc3CN3C(=O)c4ccccc4C3=O)cc2)O[C@@H]1c1ccc(CO)cc1. The number of rotatable bonds is 10. The van der Waals surface area contributed by atoms with Gasteiger partial charge in [-0.15, -0.1) is 0 Å². The van der Waals surface area contributed by atoms with Gasteiger partial charge in [0.05, 0.1) is 36.5 Å². The van der Waals surface area contributed by atoms with Crippen LogP contribution in [-0.4, -0.2) is 46.4 Å². The number of fused-ring (bicyclic) bond motifs is 1. The number of hydrogen-bond acceptors (Lipinski definition) is 6. The van der Waals surface area contributed by atoms with Crippen molar-refractivity contribution < 1.29 is 24.2 Å². The summed E-state index contributed by atoms with van der Waals surface area (Å²) in [6, 6.07) is 41.7. The fourth-order valence-corrected chi connectivity index (χ4v) is 7.07. The molecule has 2 heterocycles. The zero-order valence-electron chi connectivity index (χ0n) is 28.6. The van der Waals surface area contributed by atoms with Crippen molar-refractivity contribution in [3.63, 3.8) is 0 Å². The third-order valence-corrected chi connectivity index (χ3v) is 10.3. The fourth-order valence-electron chi connectivity index (χ4n) is 7.07. The summed E-state index contributed by atoms with van der Waals surface area (Å²) < 4.78 is 13.5. The van der Waals surface area contributed by atoms with Crippen LogP contribution in [0.3, 0.4) is 0 Å². The number of hydrogen-bond donors (Lipinski definition) is 1. The van der Waals surface area contributed by atoms with Crippen molar-refractivity contribution in [3.8, 4) is 11.1 Å². The summed E-state index contributed by atoms with van der Waals surface area (Å²) in [6.07, 6.45) is -0.929. The lowest BCUT2D eigenvalue weighted by Gasteiger charge is -2.43. The molecule has 5 aromatic carbocycles. The van der Waals surface area contributed by atoms with Gasteiger partial charge >= 0.3 is 0 Å². The highest BCUT2D eigenvalue weighted by Gasteiger charge is 2.39. The monoisotopic (exact) mass is 666 g/mol. The normalized spacial score (nSPS) is 21.0. The number of likely N-dealkylation sites (N-methyl/N-ethyl adjacent to an activating group) is 1. The van der Waals surface area contributed by atoms with Crippen LogP contribution in [-0.2, 0) is 22.6 Å². The highest BCUT2D eigenvalue weighted by atomic mass is 16.7. The lowest BCUT2D eigenvalue weighted by Crippen LogP contribution is -2.44. The molecule has 0 unspecified atom stereocenters. The standard InChI is InChI=1S/C43H42N2O5/c1-28-39(26-44(3)29(2)31-11-5-4-6-12-31)49-43(50-40(28)33-19-17-30(27-46)18-20-33)34-23-21-32(22-24-34)36-14-8-7-13-35(36)25-45-41(47)37-15-9-10-16-38(37)42(45)48/h4-24,28-29,39-40,43,46H,25-27H2,1-3H3/t28-,29+,39+,40+,43+/m1/s1. The van der Waals surface area contributed by atoms with Crippen molar-refractivity contribution in [3.05, 3.63) is 166 Å². The molecule has 254 valence electrons. The van der Waals surface area contributed by atoms with E-state index >= 15 is 0 Å². The summed E-state index contributed by atoms with van der Waals surface area (Å²) in [7, 11) is 2.14. The van der Waals surface area contributed by atoms with Crippen LogP contribution in [0.5, 0.6) is 0 Å². The van der Waals surface area contributed by atoms with Crippen LogP contribution in [0.4, 0.5) is 0 Å². The summed E-state index contributed by atoms with van der Waals surface area (Å²) in [4.78, 5) is 29.9. The van der Waals surface area contributed by atoms with E-state index in [0.29, 0.717) is 17.7 Å². The van der Waals surface area contributed by atoms with Gasteiger partial charge in [0.25, 0.3) is 11.8 Å². The molecule has 50 heavy (non-hydrogen) atoms. The van der Waals surface area contributed by atoms with E-state index in [2.05, 4.69) is 50.1 Å². The summed E-state index contributed by atoms with van der Waals surface area (Å²) >= 11 is 0. The maximum atomic E-state index is 13.1. The molecular formula is C43H42N2O5. The van der Waals surface area contributed by atoms with Crippen LogP contribution in [0.1, 0.15) is 80.8 Å². The average molecular weight is 667 g/mol. The Balaban J connectivity index is 1.13. The fraction of sp³-hybridized carbons (Fsp3) is 0.256. The number of nitrogens with zero attached hydrogens (tertiary/aromatic N) is 2. The minimum Gasteiger partial charge on any atom is -0.392 e. The van der Waals surface area contributed by atoms with E-state index in [1.54, 1.807) is 24.3 Å². The van der Waals surface area contributed by atoms with E-state index in [4.69, 9.17) is 9.47 Å². The Hall–Kier alpha value is -4.92. The Morgan fingerprint density at radius 2 is 1.30 bits per heavy atom. The van der Waals surface area contributed by atoms with Gasteiger partial charge in [-0.05, 0) is 59.5 Å². The molecule has 5 aromatic rings. The molecule has 2 aliphatic rings. The molecular weight excluding hydrogens is 624 g/mol. The van der Waals surface area contributed by atoms with Crippen LogP contribution in [0.2, 0.25) is 0 Å². The summed E-state index contributed by atoms with van der Waals surface area (Å²) in [5.74, 6) is -0.476. The molecule has 5 atom stereocenters. The molecule has 1 fully saturated rings. The molecule has 0 radical (unpaired) electrons. The van der Waals surface area contributed by atoms with E-state index in [9.17, 15) is 14.7 Å². The highest BCUT2D eigenvalue weighted by Crippen LogP contribution is 2.42. The Morgan fingerprint density at radius 3 is 1.94 bits per heavy atom. The smallest absolute Gasteiger partial charge is 0.261 e. The lowest BCUT2D eigenvalue weighted by atomic mass is 9.89. The Labute approximate surface area is 293 Å². The Bertz CT molecular complexity index is 1930. The van der Waals surface area contributed by atoms with Crippen molar-refractivity contribution in [2.45, 2.75) is 51.5 Å². The third-order valence-electron chi connectivity index (χ3n) is 10.3. The molecule has 7 rings (SSSR count). The summed E-state index contributed by atoms with van der Waals surface area (Å²) in [5, 5.41) is 9.63. The second-order valence-corrected chi connectivity index (χ2v) is 13.4. The Kier molecular flexibility index (Phi) is 9.74. The maximum absolute atomic E-state index is 13.1. The van der Waals surface area contributed by atoms with E-state index in [1.165, 1.54) is 10.5 Å². The number of ether oxygens (including phenoxy) is 2. The molecule has 0 spiro atoms. The number of aliphatic hydroxyl groups excluding tert-OH is 1. The van der Waals surface area contributed by atoms with E-state index < -0.39 is 6.29 Å². The zero-order valence-corrected chi connectivity index (χ0v) is 28.6. The predicted molar refractivity (Wildman–Crippen MR) is 193 cm³/mol. The molecule has 1 saturated heterocycles. The van der Waals surface area contributed by atoms with Gasteiger partial charge in [0.15, 0.2) is 6.29 Å². The first-order valence-electron chi connectivity index (χ1n) is 17.2. The molecule has 1 N–H and O–H groups in total. The molecule has 7 heteroatoms. The highest BCUT2D eigenvalue weighted by molar-refractivity contribution is 6.21. The van der Waals surface area contributed by atoms with Crippen molar-refractivity contribution in [2.75, 3.05) is 13.6 Å². The first kappa shape index (κ1) is 33.6. The van der Waals surface area contributed by atoms with E-state index in [1.807, 2.05) is 78.9 Å². The van der Waals surface area contributed by atoms with E-state index in [0.717, 1.165) is 33.4 Å². The minimum atomic E-state index is -0.596. The van der Waals surface area contributed by atoms with Crippen molar-refractivity contribution in [1.82, 2.24) is 9.80 Å². The van der Waals surface area contributed by atoms with Crippen molar-refractivity contribution in [2.24, 2.45) is 5.92 Å². The number of carbonyl (C=O) groups is 2. The van der Waals surface area contributed by atoms with Crippen molar-refractivity contribution >= 4 is 11.8 Å². The number of amides is 2. The minimum absolute atomic E-state index is 0.00827. The Morgan fingerprint density at radius 1 is 0.720 bits per heavy atom. The van der Waals surface area contributed by atoms with Gasteiger partial charge in [0, 0.05) is 24.1 Å².